The van der Waals surface area contributed by atoms with Crippen LogP contribution < -0.4 is 15.4 Å². The minimum absolute atomic E-state index is 0.0370. The highest BCUT2D eigenvalue weighted by atomic mass is 32.1. The molecule has 0 radical (unpaired) electrons. The Bertz CT molecular complexity index is 1060. The predicted molar refractivity (Wildman–Crippen MR) is 102 cm³/mol. The Hall–Kier alpha value is -2.81. The van der Waals surface area contributed by atoms with Crippen molar-refractivity contribution < 1.29 is 22.7 Å². The predicted octanol–water partition coefficient (Wildman–Crippen LogP) is 4.82. The number of nitrogens with zero attached hydrogens (tertiary/aromatic N) is 2. The number of hydrogen-bond donors (Lipinski definition) is 1. The van der Waals surface area contributed by atoms with Crippen LogP contribution in [0.3, 0.4) is 0 Å². The van der Waals surface area contributed by atoms with Gasteiger partial charge in [-0.1, -0.05) is 23.5 Å². The monoisotopic (exact) mass is 407 g/mol. The third kappa shape index (κ3) is 3.15. The van der Waals surface area contributed by atoms with Gasteiger partial charge < -0.3 is 10.5 Å². The Kier molecular flexibility index (Phi) is 4.04. The van der Waals surface area contributed by atoms with Gasteiger partial charge >= 0.3 is 6.18 Å². The summed E-state index contributed by atoms with van der Waals surface area (Å²) in [6.45, 7) is 3.12. The number of aromatic nitrogens is 1. The lowest BCUT2D eigenvalue weighted by Gasteiger charge is -2.38. The molecule has 0 saturated heterocycles. The average molecular weight is 407 g/mol. The smallest absolute Gasteiger partial charge is 0.393 e. The first-order valence-electron chi connectivity index (χ1n) is 8.43. The molecular formula is C19H16F3N3O2S. The average Bonchev–Trinajstić information content (AvgIpc) is 2.98. The highest BCUT2D eigenvalue weighted by Gasteiger charge is 2.45. The van der Waals surface area contributed by atoms with E-state index in [1.165, 1.54) is 28.4 Å². The third-order valence-corrected chi connectivity index (χ3v) is 5.37. The van der Waals surface area contributed by atoms with E-state index in [2.05, 4.69) is 4.98 Å². The first-order valence-corrected chi connectivity index (χ1v) is 9.25. The molecule has 0 aliphatic carbocycles. The summed E-state index contributed by atoms with van der Waals surface area (Å²) in [5.41, 5.74) is 5.22. The van der Waals surface area contributed by atoms with Gasteiger partial charge in [-0.2, -0.15) is 13.2 Å². The van der Waals surface area contributed by atoms with Crippen LogP contribution in [0.4, 0.5) is 29.7 Å². The number of nitrogen functional groups attached to an aromatic ring is 1. The van der Waals surface area contributed by atoms with Crippen molar-refractivity contribution in [1.29, 1.82) is 0 Å². The van der Waals surface area contributed by atoms with Gasteiger partial charge in [0, 0.05) is 11.8 Å². The van der Waals surface area contributed by atoms with Gasteiger partial charge in [0.25, 0.3) is 5.91 Å². The number of alkyl halides is 3. The molecule has 146 valence electrons. The molecule has 0 unspecified atom stereocenters. The zero-order valence-electron chi connectivity index (χ0n) is 15.0. The van der Waals surface area contributed by atoms with Crippen LogP contribution in [-0.4, -0.2) is 22.7 Å². The van der Waals surface area contributed by atoms with Crippen LogP contribution >= 0.6 is 11.3 Å². The molecule has 28 heavy (non-hydrogen) atoms. The SMILES string of the molecule is CC1(C)Oc2cc(N)cc(CC(F)(F)F)c2N(c2nc3ccccc3s2)C1=O. The Morgan fingerprint density at radius 2 is 1.96 bits per heavy atom. The molecular weight excluding hydrogens is 391 g/mol. The quantitative estimate of drug-likeness (QED) is 0.619. The van der Waals surface area contributed by atoms with Crippen LogP contribution in [0, 0.1) is 0 Å². The number of thiazole rings is 1. The van der Waals surface area contributed by atoms with E-state index in [-0.39, 0.29) is 27.8 Å². The van der Waals surface area contributed by atoms with Crippen molar-refractivity contribution in [3.05, 3.63) is 42.0 Å². The summed E-state index contributed by atoms with van der Waals surface area (Å²) >= 11 is 1.23. The summed E-state index contributed by atoms with van der Waals surface area (Å²) in [5.74, 6) is -0.365. The first kappa shape index (κ1) is 18.5. The maximum absolute atomic E-state index is 13.2. The zero-order valence-corrected chi connectivity index (χ0v) is 15.8. The fourth-order valence-corrected chi connectivity index (χ4v) is 4.17. The number of halogens is 3. The van der Waals surface area contributed by atoms with Crippen LogP contribution in [-0.2, 0) is 11.2 Å². The van der Waals surface area contributed by atoms with E-state index < -0.39 is 24.1 Å². The van der Waals surface area contributed by atoms with E-state index in [0.29, 0.717) is 5.52 Å². The highest BCUT2D eigenvalue weighted by molar-refractivity contribution is 7.22. The van der Waals surface area contributed by atoms with Gasteiger partial charge in [-0.3, -0.25) is 4.79 Å². The van der Waals surface area contributed by atoms with Gasteiger partial charge in [0.1, 0.15) is 5.75 Å². The van der Waals surface area contributed by atoms with Crippen molar-refractivity contribution in [1.82, 2.24) is 4.98 Å². The largest absolute Gasteiger partial charge is 0.476 e. The molecule has 0 spiro atoms. The Balaban J connectivity index is 1.97. The van der Waals surface area contributed by atoms with Gasteiger partial charge in [0.15, 0.2) is 10.7 Å². The van der Waals surface area contributed by atoms with Crippen molar-refractivity contribution in [3.8, 4) is 5.75 Å². The Labute approximate surface area is 162 Å². The van der Waals surface area contributed by atoms with Gasteiger partial charge in [-0.25, -0.2) is 9.88 Å². The van der Waals surface area contributed by atoms with Crippen molar-refractivity contribution in [2.75, 3.05) is 10.6 Å². The van der Waals surface area contributed by atoms with Gasteiger partial charge in [0.2, 0.25) is 0 Å². The fraction of sp³-hybridized carbons (Fsp3) is 0.263. The molecule has 2 N–H and O–H groups in total. The molecule has 0 bridgehead atoms. The number of ether oxygens (including phenoxy) is 1. The number of nitrogens with two attached hydrogens (primary N) is 1. The summed E-state index contributed by atoms with van der Waals surface area (Å²) in [6.07, 6.45) is -5.71. The normalized spacial score (nSPS) is 16.2. The molecule has 1 aliphatic rings. The molecule has 1 amide bonds. The fourth-order valence-electron chi connectivity index (χ4n) is 3.20. The lowest BCUT2D eigenvalue weighted by atomic mass is 9.99. The summed E-state index contributed by atoms with van der Waals surface area (Å²) < 4.78 is 46.1. The first-order chi connectivity index (χ1) is 13.0. The van der Waals surface area contributed by atoms with Crippen LogP contribution in [0.25, 0.3) is 10.2 Å². The van der Waals surface area contributed by atoms with Crippen molar-refractivity contribution >= 4 is 44.0 Å². The third-order valence-electron chi connectivity index (χ3n) is 4.35. The van der Waals surface area contributed by atoms with Crippen LogP contribution in [0.1, 0.15) is 19.4 Å². The molecule has 2 heterocycles. The molecule has 5 nitrogen and oxygen atoms in total. The summed E-state index contributed by atoms with van der Waals surface area (Å²) in [5, 5.41) is 0.289. The molecule has 0 saturated carbocycles. The van der Waals surface area contributed by atoms with Crippen molar-refractivity contribution in [2.24, 2.45) is 0 Å². The van der Waals surface area contributed by atoms with E-state index in [9.17, 15) is 18.0 Å². The topological polar surface area (TPSA) is 68.5 Å². The molecule has 1 aromatic heterocycles. The van der Waals surface area contributed by atoms with Crippen molar-refractivity contribution in [3.63, 3.8) is 0 Å². The minimum atomic E-state index is -4.48. The van der Waals surface area contributed by atoms with Gasteiger partial charge in [-0.15, -0.1) is 0 Å². The summed E-state index contributed by atoms with van der Waals surface area (Å²) in [7, 11) is 0. The number of carbonyl (C=O) groups excluding carboxylic acids is 1. The van der Waals surface area contributed by atoms with E-state index in [1.807, 2.05) is 12.1 Å². The van der Waals surface area contributed by atoms with E-state index in [1.54, 1.807) is 26.0 Å². The molecule has 0 atom stereocenters. The maximum Gasteiger partial charge on any atom is 0.393 e. The number of fused-ring (bicyclic) bond motifs is 2. The van der Waals surface area contributed by atoms with Crippen LogP contribution in [0.5, 0.6) is 5.75 Å². The van der Waals surface area contributed by atoms with Gasteiger partial charge in [0.05, 0.1) is 22.3 Å². The van der Waals surface area contributed by atoms with E-state index >= 15 is 0 Å². The Morgan fingerprint density at radius 1 is 1.25 bits per heavy atom. The van der Waals surface area contributed by atoms with Crippen LogP contribution in [0.15, 0.2) is 36.4 Å². The second kappa shape index (κ2) is 6.10. The highest BCUT2D eigenvalue weighted by Crippen LogP contribution is 2.48. The number of hydrogen-bond acceptors (Lipinski definition) is 5. The number of anilines is 3. The molecule has 4 rings (SSSR count). The lowest BCUT2D eigenvalue weighted by Crippen LogP contribution is -2.51. The lowest BCUT2D eigenvalue weighted by molar-refractivity contribution is -0.132. The van der Waals surface area contributed by atoms with E-state index in [4.69, 9.17) is 10.5 Å². The molecule has 0 fully saturated rings. The maximum atomic E-state index is 13.2. The molecule has 1 aliphatic heterocycles. The second-order valence-electron chi connectivity index (χ2n) is 7.04. The second-order valence-corrected chi connectivity index (χ2v) is 8.04. The summed E-state index contributed by atoms with van der Waals surface area (Å²) in [4.78, 5) is 18.8. The number of amides is 1. The number of rotatable bonds is 2. The van der Waals surface area contributed by atoms with Gasteiger partial charge in [-0.05, 0) is 37.6 Å². The van der Waals surface area contributed by atoms with E-state index in [0.717, 1.165) is 4.70 Å². The zero-order chi connectivity index (χ0) is 20.3. The molecule has 2 aromatic carbocycles. The number of carbonyl (C=O) groups is 1. The Morgan fingerprint density at radius 3 is 2.64 bits per heavy atom. The standard InChI is InChI=1S/C19H16F3N3O2S/c1-18(2)16(26)25(17-24-12-5-3-4-6-14(12)28-17)15-10(9-19(20,21)22)7-11(23)8-13(15)27-18/h3-8H,9,23H2,1-2H3. The molecule has 9 heteroatoms. The summed E-state index contributed by atoms with van der Waals surface area (Å²) in [6, 6.07) is 9.92. The molecule has 3 aromatic rings. The number of benzene rings is 2. The van der Waals surface area contributed by atoms with Crippen LogP contribution in [0.2, 0.25) is 0 Å². The number of para-hydroxylation sites is 1. The minimum Gasteiger partial charge on any atom is -0.476 e. The van der Waals surface area contributed by atoms with Crippen molar-refractivity contribution in [2.45, 2.75) is 32.0 Å².